The maximum absolute atomic E-state index is 12.2. The summed E-state index contributed by atoms with van der Waals surface area (Å²) in [7, 11) is 0. The molecule has 6 heteroatoms. The standard InChI is InChI=1S/C19H20N3O3/c1-12-6-7-18-17(10-12)16(13(2)21-18)8-9-20-19(23)14-4-3-5-15(11-14)22(24)25/h3-7,10-11,21,24H,8-9H2,1-2H3,(H,20,23)/q-1. The Kier molecular flexibility index (Phi) is 4.74. The molecule has 0 saturated carbocycles. The van der Waals surface area contributed by atoms with Crippen LogP contribution < -0.4 is 10.5 Å². The van der Waals surface area contributed by atoms with Crippen LogP contribution in [0, 0.1) is 19.1 Å². The van der Waals surface area contributed by atoms with Gasteiger partial charge >= 0.3 is 0 Å². The van der Waals surface area contributed by atoms with Crippen molar-refractivity contribution in [2.24, 2.45) is 0 Å². The molecule has 0 aliphatic carbocycles. The van der Waals surface area contributed by atoms with Crippen LogP contribution in [-0.4, -0.2) is 22.6 Å². The summed E-state index contributed by atoms with van der Waals surface area (Å²) in [4.78, 5) is 15.6. The van der Waals surface area contributed by atoms with E-state index in [2.05, 4.69) is 35.4 Å². The van der Waals surface area contributed by atoms with Crippen molar-refractivity contribution < 1.29 is 10.0 Å². The fourth-order valence-corrected chi connectivity index (χ4v) is 2.99. The smallest absolute Gasteiger partial charge is 0.251 e. The molecule has 130 valence electrons. The number of fused-ring (bicyclic) bond motifs is 1. The first kappa shape index (κ1) is 17.0. The van der Waals surface area contributed by atoms with Crippen molar-refractivity contribution in [1.82, 2.24) is 10.3 Å². The highest BCUT2D eigenvalue weighted by molar-refractivity contribution is 5.95. The second-order valence-electron chi connectivity index (χ2n) is 6.11. The molecule has 0 saturated heterocycles. The molecule has 25 heavy (non-hydrogen) atoms. The van der Waals surface area contributed by atoms with E-state index in [0.29, 0.717) is 18.5 Å². The summed E-state index contributed by atoms with van der Waals surface area (Å²) in [5.41, 5.74) is 4.93. The lowest BCUT2D eigenvalue weighted by Gasteiger charge is -2.21. The third-order valence-electron chi connectivity index (χ3n) is 4.26. The van der Waals surface area contributed by atoms with E-state index in [-0.39, 0.29) is 16.8 Å². The fourth-order valence-electron chi connectivity index (χ4n) is 2.99. The van der Waals surface area contributed by atoms with Gasteiger partial charge in [0.1, 0.15) is 0 Å². The average molecular weight is 338 g/mol. The molecule has 3 rings (SSSR count). The number of benzene rings is 2. The minimum absolute atomic E-state index is 0.0237. The summed E-state index contributed by atoms with van der Waals surface area (Å²) in [6.07, 6.45) is 0.703. The molecule has 3 aromatic rings. The van der Waals surface area contributed by atoms with E-state index >= 15 is 0 Å². The number of nitrogens with zero attached hydrogens (tertiary/aromatic N) is 1. The van der Waals surface area contributed by atoms with Gasteiger partial charge in [0.25, 0.3) is 5.91 Å². The molecule has 1 aromatic heterocycles. The second kappa shape index (κ2) is 6.96. The van der Waals surface area contributed by atoms with Crippen LogP contribution in [-0.2, 0) is 6.42 Å². The highest BCUT2D eigenvalue weighted by Crippen LogP contribution is 2.23. The minimum Gasteiger partial charge on any atom is -0.733 e. The van der Waals surface area contributed by atoms with Crippen LogP contribution in [0.15, 0.2) is 42.5 Å². The number of carbonyl (C=O) groups excluding carboxylic acids is 1. The molecule has 0 radical (unpaired) electrons. The van der Waals surface area contributed by atoms with Gasteiger partial charge in [-0.2, -0.15) is 0 Å². The summed E-state index contributed by atoms with van der Waals surface area (Å²) in [6.45, 7) is 4.56. The van der Waals surface area contributed by atoms with E-state index in [9.17, 15) is 10.0 Å². The lowest BCUT2D eigenvalue weighted by Crippen LogP contribution is -2.26. The Morgan fingerprint density at radius 1 is 1.24 bits per heavy atom. The van der Waals surface area contributed by atoms with Crippen molar-refractivity contribution in [3.05, 3.63) is 70.1 Å². The largest absolute Gasteiger partial charge is 0.733 e. The van der Waals surface area contributed by atoms with Gasteiger partial charge in [-0.3, -0.25) is 10.0 Å². The van der Waals surface area contributed by atoms with Crippen LogP contribution in [0.5, 0.6) is 0 Å². The number of rotatable bonds is 5. The van der Waals surface area contributed by atoms with Crippen molar-refractivity contribution in [3.63, 3.8) is 0 Å². The highest BCUT2D eigenvalue weighted by atomic mass is 16.8. The molecular formula is C19H20N3O3-. The van der Waals surface area contributed by atoms with Gasteiger partial charge < -0.3 is 20.7 Å². The maximum Gasteiger partial charge on any atom is 0.251 e. The molecule has 0 fully saturated rings. The van der Waals surface area contributed by atoms with Crippen LogP contribution in [0.3, 0.4) is 0 Å². The summed E-state index contributed by atoms with van der Waals surface area (Å²) >= 11 is 0. The van der Waals surface area contributed by atoms with E-state index in [4.69, 9.17) is 5.21 Å². The van der Waals surface area contributed by atoms with Gasteiger partial charge in [0, 0.05) is 28.7 Å². The second-order valence-corrected chi connectivity index (χ2v) is 6.11. The molecule has 0 aliphatic heterocycles. The zero-order chi connectivity index (χ0) is 18.0. The van der Waals surface area contributed by atoms with Gasteiger partial charge in [0.15, 0.2) is 0 Å². The number of aryl methyl sites for hydroxylation is 2. The zero-order valence-electron chi connectivity index (χ0n) is 14.2. The SMILES string of the molecule is Cc1ccc2[nH]c(C)c(CCNC(=O)c3cccc(N([O-])O)c3)c2c1. The first-order valence-corrected chi connectivity index (χ1v) is 8.08. The molecule has 1 amide bonds. The Morgan fingerprint density at radius 2 is 2.04 bits per heavy atom. The number of aromatic nitrogens is 1. The monoisotopic (exact) mass is 338 g/mol. The van der Waals surface area contributed by atoms with E-state index < -0.39 is 0 Å². The number of amides is 1. The molecule has 1 heterocycles. The third kappa shape index (κ3) is 3.65. The Hall–Kier alpha value is -2.83. The first-order chi connectivity index (χ1) is 12.0. The minimum atomic E-state index is -0.280. The van der Waals surface area contributed by atoms with Gasteiger partial charge in [0.2, 0.25) is 0 Å². The summed E-state index contributed by atoms with van der Waals surface area (Å²) < 4.78 is 0. The topological polar surface area (TPSA) is 91.4 Å². The van der Waals surface area contributed by atoms with E-state index in [1.807, 2.05) is 6.92 Å². The summed E-state index contributed by atoms with van der Waals surface area (Å²) in [6, 6.07) is 12.2. The van der Waals surface area contributed by atoms with Crippen molar-refractivity contribution in [2.45, 2.75) is 20.3 Å². The van der Waals surface area contributed by atoms with E-state index in [0.717, 1.165) is 11.2 Å². The molecule has 0 unspecified atom stereocenters. The van der Waals surface area contributed by atoms with Gasteiger partial charge in [-0.15, -0.1) is 0 Å². The van der Waals surface area contributed by atoms with Crippen LogP contribution >= 0.6 is 0 Å². The normalized spacial score (nSPS) is 10.9. The van der Waals surface area contributed by atoms with E-state index in [1.54, 1.807) is 12.1 Å². The zero-order valence-corrected chi connectivity index (χ0v) is 14.2. The van der Waals surface area contributed by atoms with Crippen LogP contribution in [0.25, 0.3) is 10.9 Å². The van der Waals surface area contributed by atoms with Crippen molar-refractivity contribution in [1.29, 1.82) is 0 Å². The predicted octanol–water partition coefficient (Wildman–Crippen LogP) is 3.45. The molecule has 3 N–H and O–H groups in total. The van der Waals surface area contributed by atoms with E-state index in [1.165, 1.54) is 28.6 Å². The molecule has 0 aliphatic rings. The number of nitrogens with one attached hydrogen (secondary N) is 2. The molecule has 0 atom stereocenters. The Balaban J connectivity index is 1.69. The maximum atomic E-state index is 12.2. The lowest BCUT2D eigenvalue weighted by molar-refractivity contribution is 0.0954. The molecule has 0 spiro atoms. The van der Waals surface area contributed by atoms with Crippen molar-refractivity contribution >= 4 is 22.5 Å². The molecule has 0 bridgehead atoms. The quantitative estimate of drug-likeness (QED) is 0.621. The van der Waals surface area contributed by atoms with Gasteiger partial charge in [0.05, 0.1) is 5.69 Å². The van der Waals surface area contributed by atoms with Crippen molar-refractivity contribution in [2.75, 3.05) is 11.8 Å². The number of anilines is 1. The Labute approximate surface area is 145 Å². The predicted molar refractivity (Wildman–Crippen MR) is 97.9 cm³/mol. The van der Waals surface area contributed by atoms with Gasteiger partial charge in [-0.25, -0.2) is 0 Å². The molecule has 6 nitrogen and oxygen atoms in total. The Morgan fingerprint density at radius 3 is 2.80 bits per heavy atom. The number of carbonyl (C=O) groups is 1. The summed E-state index contributed by atoms with van der Waals surface area (Å²) in [5.74, 6) is -0.280. The van der Waals surface area contributed by atoms with Crippen LogP contribution in [0.1, 0.15) is 27.2 Å². The number of aromatic amines is 1. The highest BCUT2D eigenvalue weighted by Gasteiger charge is 2.10. The van der Waals surface area contributed by atoms with Gasteiger partial charge in [-0.05, 0) is 56.2 Å². The molecular weight excluding hydrogens is 318 g/mol. The summed E-state index contributed by atoms with van der Waals surface area (Å²) in [5, 5.41) is 23.6. The van der Waals surface area contributed by atoms with Crippen LogP contribution in [0.2, 0.25) is 0 Å². The average Bonchev–Trinajstić information content (AvgIpc) is 2.90. The third-order valence-corrected chi connectivity index (χ3v) is 4.26. The number of hydrogen-bond acceptors (Lipinski definition) is 4. The van der Waals surface area contributed by atoms with Crippen molar-refractivity contribution in [3.8, 4) is 0 Å². The van der Waals surface area contributed by atoms with Crippen LogP contribution in [0.4, 0.5) is 5.69 Å². The number of H-pyrrole nitrogens is 1. The lowest BCUT2D eigenvalue weighted by atomic mass is 10.1. The fraction of sp³-hybridized carbons (Fsp3) is 0.211. The first-order valence-electron chi connectivity index (χ1n) is 8.08. The molecule has 2 aromatic carbocycles. The number of hydrogen-bond donors (Lipinski definition) is 3. The van der Waals surface area contributed by atoms with Gasteiger partial charge in [-0.1, -0.05) is 17.7 Å². The Bertz CT molecular complexity index is 915.